The van der Waals surface area contributed by atoms with Crippen LogP contribution in [0.25, 0.3) is 22.3 Å². The molecule has 52 heavy (non-hydrogen) atoms. The minimum Gasteiger partial charge on any atom is -0.481 e. The molecule has 270 valence electrons. The molecule has 11 heteroatoms. The number of hydrogen-bond donors (Lipinski definition) is 1. The summed E-state index contributed by atoms with van der Waals surface area (Å²) in [6, 6.07) is 23.0. The summed E-state index contributed by atoms with van der Waals surface area (Å²) in [6.45, 7) is 8.09. The van der Waals surface area contributed by atoms with Gasteiger partial charge >= 0.3 is 5.97 Å². The number of nitrogens with zero attached hydrogens (tertiary/aromatic N) is 4. The number of rotatable bonds is 10. The summed E-state index contributed by atoms with van der Waals surface area (Å²) in [5.41, 5.74) is 8.80. The van der Waals surface area contributed by atoms with Crippen molar-refractivity contribution in [2.75, 3.05) is 46.4 Å². The van der Waals surface area contributed by atoms with E-state index in [4.69, 9.17) is 32.7 Å². The lowest BCUT2D eigenvalue weighted by atomic mass is 9.72. The number of hydrogen-bond acceptors (Lipinski definition) is 7. The van der Waals surface area contributed by atoms with E-state index in [0.717, 1.165) is 84.0 Å². The van der Waals surface area contributed by atoms with Gasteiger partial charge in [-0.05, 0) is 59.7 Å². The van der Waals surface area contributed by atoms with Gasteiger partial charge in [-0.3, -0.25) is 19.4 Å². The highest BCUT2D eigenvalue weighted by Crippen LogP contribution is 2.45. The highest BCUT2D eigenvalue weighted by Gasteiger charge is 2.52. The number of ether oxygens (including phenoxy) is 2. The summed E-state index contributed by atoms with van der Waals surface area (Å²) < 4.78 is 12.1. The van der Waals surface area contributed by atoms with Gasteiger partial charge in [0.1, 0.15) is 11.1 Å². The fourth-order valence-electron chi connectivity index (χ4n) is 8.62. The molecule has 3 aromatic carbocycles. The SMILES string of the molecule is COc1nc(O[C@H]2CCc3c(-c4cccc(-c5ccc(CN6CC7(C6)CN(C(C)=O)C7)cc5)c4Cl)cccc32)c(Cl)cc1CN1CC[C@@H](C(=O)O)C1. The van der Waals surface area contributed by atoms with Gasteiger partial charge in [0.25, 0.3) is 0 Å². The van der Waals surface area contributed by atoms with E-state index in [1.807, 2.05) is 17.0 Å². The van der Waals surface area contributed by atoms with Crippen LogP contribution in [0.1, 0.15) is 48.1 Å². The number of likely N-dealkylation sites (tertiary alicyclic amines) is 3. The van der Waals surface area contributed by atoms with Crippen LogP contribution in [0, 0.1) is 11.3 Å². The Morgan fingerprint density at radius 2 is 1.63 bits per heavy atom. The van der Waals surface area contributed by atoms with Gasteiger partial charge in [0.2, 0.25) is 17.7 Å². The van der Waals surface area contributed by atoms with Crippen LogP contribution in [0.3, 0.4) is 0 Å². The molecule has 3 fully saturated rings. The van der Waals surface area contributed by atoms with Gasteiger partial charge in [-0.1, -0.05) is 83.9 Å². The molecule has 4 aromatic rings. The van der Waals surface area contributed by atoms with Crippen LogP contribution in [0.15, 0.2) is 66.7 Å². The largest absolute Gasteiger partial charge is 0.481 e. The topological polar surface area (TPSA) is 95.4 Å². The summed E-state index contributed by atoms with van der Waals surface area (Å²) in [6.07, 6.45) is 1.97. The lowest BCUT2D eigenvalue weighted by Gasteiger charge is -2.60. The van der Waals surface area contributed by atoms with Crippen LogP contribution in [-0.2, 0) is 29.1 Å². The number of carboxylic acid groups (broad SMARTS) is 1. The Morgan fingerprint density at radius 1 is 0.904 bits per heavy atom. The van der Waals surface area contributed by atoms with Gasteiger partial charge in [0.15, 0.2) is 0 Å². The molecule has 0 bridgehead atoms. The summed E-state index contributed by atoms with van der Waals surface area (Å²) in [4.78, 5) is 34.2. The number of benzene rings is 3. The Labute approximate surface area is 314 Å². The molecule has 0 saturated carbocycles. The highest BCUT2D eigenvalue weighted by molar-refractivity contribution is 6.36. The second-order valence-corrected chi connectivity index (χ2v) is 15.7. The molecule has 3 saturated heterocycles. The molecule has 4 aliphatic rings. The number of amides is 1. The van der Waals surface area contributed by atoms with Crippen molar-refractivity contribution in [3.63, 3.8) is 0 Å². The molecule has 1 aromatic heterocycles. The average molecular weight is 742 g/mol. The van der Waals surface area contributed by atoms with Gasteiger partial charge in [-0.2, -0.15) is 4.98 Å². The number of carbonyl (C=O) groups excluding carboxylic acids is 1. The first-order chi connectivity index (χ1) is 25.1. The molecule has 1 spiro atoms. The van der Waals surface area contributed by atoms with Gasteiger partial charge < -0.3 is 19.5 Å². The van der Waals surface area contributed by atoms with E-state index in [9.17, 15) is 14.7 Å². The lowest BCUT2D eigenvalue weighted by Crippen LogP contribution is -2.72. The molecule has 2 atom stereocenters. The van der Waals surface area contributed by atoms with E-state index in [2.05, 4.69) is 69.4 Å². The minimum absolute atomic E-state index is 0.175. The lowest BCUT2D eigenvalue weighted by molar-refractivity contribution is -0.157. The van der Waals surface area contributed by atoms with E-state index >= 15 is 0 Å². The fraction of sp³-hybridized carbons (Fsp3) is 0.390. The third-order valence-corrected chi connectivity index (χ3v) is 11.9. The van der Waals surface area contributed by atoms with Crippen molar-refractivity contribution in [3.05, 3.63) is 99.0 Å². The van der Waals surface area contributed by atoms with Gasteiger partial charge in [-0.25, -0.2) is 0 Å². The maximum absolute atomic E-state index is 11.6. The van der Waals surface area contributed by atoms with Crippen LogP contribution in [-0.4, -0.2) is 83.0 Å². The Balaban J connectivity index is 0.957. The molecule has 9 nitrogen and oxygen atoms in total. The third kappa shape index (κ3) is 6.64. The molecule has 0 radical (unpaired) electrons. The quantitative estimate of drug-likeness (QED) is 0.180. The van der Waals surface area contributed by atoms with Crippen molar-refractivity contribution in [3.8, 4) is 34.0 Å². The first-order valence-electron chi connectivity index (χ1n) is 17.9. The molecular weight excluding hydrogens is 699 g/mol. The van der Waals surface area contributed by atoms with E-state index in [1.54, 1.807) is 14.0 Å². The summed E-state index contributed by atoms with van der Waals surface area (Å²) in [7, 11) is 1.57. The standard InChI is InChI=1S/C41H42Cl2N4O5/c1-25(48)47-23-41(24-47)21-46(22-41)18-26-9-11-27(12-10-26)30-5-3-8-34(37(30)43)31-6-4-7-33-32(31)13-14-36(33)52-39-35(42)17-29(38(44-39)51-2)20-45-16-15-28(19-45)40(49)50/h3-12,17,28,36H,13-16,18-24H2,1-2H3,(H,49,50)/t28-,36+/m1/s1. The molecular formula is C41H42Cl2N4O5. The van der Waals surface area contributed by atoms with Gasteiger partial charge in [-0.15, -0.1) is 0 Å². The molecule has 8 rings (SSSR count). The van der Waals surface area contributed by atoms with Crippen molar-refractivity contribution < 1.29 is 24.2 Å². The van der Waals surface area contributed by atoms with Crippen molar-refractivity contribution in [1.82, 2.24) is 19.7 Å². The number of pyridine rings is 1. The minimum atomic E-state index is -0.764. The smallest absolute Gasteiger partial charge is 0.307 e. The Morgan fingerprint density at radius 3 is 2.35 bits per heavy atom. The summed E-state index contributed by atoms with van der Waals surface area (Å²) in [5, 5.41) is 10.5. The van der Waals surface area contributed by atoms with Crippen LogP contribution in [0.5, 0.6) is 11.8 Å². The normalized spacial score (nSPS) is 20.7. The van der Waals surface area contributed by atoms with Crippen molar-refractivity contribution >= 4 is 35.1 Å². The van der Waals surface area contributed by atoms with Gasteiger partial charge in [0, 0.05) is 74.8 Å². The zero-order chi connectivity index (χ0) is 36.1. The number of carbonyl (C=O) groups is 2. The number of aliphatic carboxylic acids is 1. The summed E-state index contributed by atoms with van der Waals surface area (Å²) in [5.74, 6) is -0.214. The zero-order valence-electron chi connectivity index (χ0n) is 29.4. The average Bonchev–Trinajstić information content (AvgIpc) is 3.74. The summed E-state index contributed by atoms with van der Waals surface area (Å²) >= 11 is 13.9. The molecule has 1 aliphatic carbocycles. The zero-order valence-corrected chi connectivity index (χ0v) is 30.9. The third-order valence-electron chi connectivity index (χ3n) is 11.2. The van der Waals surface area contributed by atoms with Gasteiger partial charge in [0.05, 0.1) is 18.1 Å². The molecule has 1 amide bonds. The number of methoxy groups -OCH3 is 1. The second kappa shape index (κ2) is 14.0. The number of aromatic nitrogens is 1. The molecule has 4 heterocycles. The Kier molecular flexibility index (Phi) is 9.40. The first kappa shape index (κ1) is 34.9. The van der Waals surface area contributed by atoms with E-state index in [-0.39, 0.29) is 17.9 Å². The maximum atomic E-state index is 11.6. The Hall–Kier alpha value is -4.15. The van der Waals surface area contributed by atoms with Crippen molar-refractivity contribution in [1.29, 1.82) is 0 Å². The number of fused-ring (bicyclic) bond motifs is 1. The number of halogens is 2. The van der Waals surface area contributed by atoms with Crippen LogP contribution in [0.2, 0.25) is 10.0 Å². The highest BCUT2D eigenvalue weighted by atomic mass is 35.5. The van der Waals surface area contributed by atoms with Crippen molar-refractivity contribution in [2.24, 2.45) is 11.3 Å². The van der Waals surface area contributed by atoms with Crippen LogP contribution in [0.4, 0.5) is 0 Å². The maximum Gasteiger partial charge on any atom is 0.307 e. The Bertz CT molecular complexity index is 2020. The van der Waals surface area contributed by atoms with Crippen LogP contribution >= 0.6 is 23.2 Å². The molecule has 1 N–H and O–H groups in total. The molecule has 3 aliphatic heterocycles. The first-order valence-corrected chi connectivity index (χ1v) is 18.7. The van der Waals surface area contributed by atoms with E-state index in [1.165, 1.54) is 11.1 Å². The monoisotopic (exact) mass is 740 g/mol. The van der Waals surface area contributed by atoms with Crippen LogP contribution < -0.4 is 9.47 Å². The number of carboxylic acids is 1. The second-order valence-electron chi connectivity index (χ2n) is 14.9. The van der Waals surface area contributed by atoms with Crippen molar-refractivity contribution in [2.45, 2.75) is 45.4 Å². The predicted octanol–water partition coefficient (Wildman–Crippen LogP) is 7.37. The fourth-order valence-corrected chi connectivity index (χ4v) is 9.18. The van der Waals surface area contributed by atoms with E-state index in [0.29, 0.717) is 48.3 Å². The van der Waals surface area contributed by atoms with E-state index < -0.39 is 5.97 Å². The predicted molar refractivity (Wildman–Crippen MR) is 201 cm³/mol. The molecule has 0 unspecified atom stereocenters.